The SMILES string of the molecule is CCN(CC)c1ccc(NC(=O)c2cncc(N3CCOCC3)c2)c(C)c1. The van der Waals surface area contributed by atoms with Crippen LogP contribution in [0.2, 0.25) is 0 Å². The average molecular weight is 368 g/mol. The van der Waals surface area contributed by atoms with Crippen molar-refractivity contribution in [2.45, 2.75) is 20.8 Å². The molecule has 1 aromatic carbocycles. The van der Waals surface area contributed by atoms with E-state index in [0.29, 0.717) is 18.8 Å². The summed E-state index contributed by atoms with van der Waals surface area (Å²) in [6.45, 7) is 11.3. The molecule has 0 spiro atoms. The lowest BCUT2D eigenvalue weighted by Crippen LogP contribution is -2.36. The van der Waals surface area contributed by atoms with Crippen molar-refractivity contribution >= 4 is 23.0 Å². The third-order valence-electron chi connectivity index (χ3n) is 4.95. The number of pyridine rings is 1. The van der Waals surface area contributed by atoms with E-state index in [4.69, 9.17) is 4.74 Å². The van der Waals surface area contributed by atoms with Crippen molar-refractivity contribution in [2.24, 2.45) is 0 Å². The molecule has 1 fully saturated rings. The topological polar surface area (TPSA) is 57.7 Å². The maximum absolute atomic E-state index is 12.7. The Morgan fingerprint density at radius 3 is 2.59 bits per heavy atom. The molecule has 0 saturated carbocycles. The second-order valence-corrected chi connectivity index (χ2v) is 6.66. The Labute approximate surface area is 161 Å². The number of anilines is 3. The molecule has 0 bridgehead atoms. The minimum Gasteiger partial charge on any atom is -0.378 e. The number of amides is 1. The highest BCUT2D eigenvalue weighted by molar-refractivity contribution is 6.05. The van der Waals surface area contributed by atoms with Crippen LogP contribution in [-0.2, 0) is 4.74 Å². The molecule has 6 heteroatoms. The number of nitrogens with one attached hydrogen (secondary N) is 1. The van der Waals surface area contributed by atoms with Crippen LogP contribution in [0.1, 0.15) is 29.8 Å². The lowest BCUT2D eigenvalue weighted by atomic mass is 10.1. The van der Waals surface area contributed by atoms with Crippen molar-refractivity contribution in [1.82, 2.24) is 4.98 Å². The van der Waals surface area contributed by atoms with Crippen molar-refractivity contribution in [3.8, 4) is 0 Å². The van der Waals surface area contributed by atoms with E-state index in [0.717, 1.165) is 43.1 Å². The molecule has 3 rings (SSSR count). The maximum Gasteiger partial charge on any atom is 0.257 e. The number of nitrogens with zero attached hydrogens (tertiary/aromatic N) is 3. The van der Waals surface area contributed by atoms with E-state index in [1.807, 2.05) is 19.1 Å². The number of hydrogen-bond donors (Lipinski definition) is 1. The zero-order valence-corrected chi connectivity index (χ0v) is 16.4. The molecule has 1 aliphatic rings. The predicted octanol–water partition coefficient (Wildman–Crippen LogP) is 3.33. The monoisotopic (exact) mass is 368 g/mol. The predicted molar refractivity (Wildman–Crippen MR) is 110 cm³/mol. The summed E-state index contributed by atoms with van der Waals surface area (Å²) < 4.78 is 5.39. The third kappa shape index (κ3) is 4.57. The largest absolute Gasteiger partial charge is 0.378 e. The summed E-state index contributed by atoms with van der Waals surface area (Å²) >= 11 is 0. The number of ether oxygens (including phenoxy) is 1. The second kappa shape index (κ2) is 8.86. The van der Waals surface area contributed by atoms with Gasteiger partial charge in [-0.25, -0.2) is 0 Å². The van der Waals surface area contributed by atoms with Crippen LogP contribution in [0.4, 0.5) is 17.1 Å². The molecular formula is C21H28N4O2. The molecule has 0 atom stereocenters. The third-order valence-corrected chi connectivity index (χ3v) is 4.95. The lowest BCUT2D eigenvalue weighted by molar-refractivity contribution is 0.102. The first-order valence-electron chi connectivity index (χ1n) is 9.57. The van der Waals surface area contributed by atoms with Gasteiger partial charge in [0, 0.05) is 43.8 Å². The molecule has 1 N–H and O–H groups in total. The van der Waals surface area contributed by atoms with Gasteiger partial charge in [0.05, 0.1) is 30.7 Å². The van der Waals surface area contributed by atoms with Crippen LogP contribution >= 0.6 is 0 Å². The van der Waals surface area contributed by atoms with Crippen LogP contribution in [-0.4, -0.2) is 50.3 Å². The highest BCUT2D eigenvalue weighted by atomic mass is 16.5. The van der Waals surface area contributed by atoms with E-state index >= 15 is 0 Å². The van der Waals surface area contributed by atoms with E-state index in [1.54, 1.807) is 12.4 Å². The molecule has 6 nitrogen and oxygen atoms in total. The Morgan fingerprint density at radius 2 is 1.93 bits per heavy atom. The highest BCUT2D eigenvalue weighted by Gasteiger charge is 2.15. The van der Waals surface area contributed by atoms with E-state index in [9.17, 15) is 4.79 Å². The first-order chi connectivity index (χ1) is 13.1. The number of hydrogen-bond acceptors (Lipinski definition) is 5. The van der Waals surface area contributed by atoms with Gasteiger partial charge in [-0.2, -0.15) is 0 Å². The first kappa shape index (κ1) is 19.2. The minimum absolute atomic E-state index is 0.142. The molecule has 1 aliphatic heterocycles. The van der Waals surface area contributed by atoms with Crippen molar-refractivity contribution in [3.05, 3.63) is 47.8 Å². The molecule has 2 aromatic rings. The molecule has 144 valence electrons. The van der Waals surface area contributed by atoms with E-state index in [2.05, 4.69) is 46.1 Å². The molecule has 1 amide bonds. The normalized spacial score (nSPS) is 14.1. The fraction of sp³-hybridized carbons (Fsp3) is 0.429. The van der Waals surface area contributed by atoms with Gasteiger partial charge < -0.3 is 19.9 Å². The summed E-state index contributed by atoms with van der Waals surface area (Å²) in [7, 11) is 0. The number of carbonyl (C=O) groups is 1. The zero-order valence-electron chi connectivity index (χ0n) is 16.4. The first-order valence-corrected chi connectivity index (χ1v) is 9.57. The van der Waals surface area contributed by atoms with Crippen LogP contribution in [0.5, 0.6) is 0 Å². The molecule has 0 radical (unpaired) electrons. The van der Waals surface area contributed by atoms with Gasteiger partial charge in [0.25, 0.3) is 5.91 Å². The van der Waals surface area contributed by atoms with Gasteiger partial charge in [-0.15, -0.1) is 0 Å². The number of rotatable bonds is 6. The van der Waals surface area contributed by atoms with Crippen molar-refractivity contribution in [1.29, 1.82) is 0 Å². The van der Waals surface area contributed by atoms with Crippen LogP contribution in [0.3, 0.4) is 0 Å². The van der Waals surface area contributed by atoms with Crippen LogP contribution in [0, 0.1) is 6.92 Å². The molecule has 27 heavy (non-hydrogen) atoms. The van der Waals surface area contributed by atoms with Gasteiger partial charge in [0.15, 0.2) is 0 Å². The average Bonchev–Trinajstić information content (AvgIpc) is 2.71. The zero-order chi connectivity index (χ0) is 19.2. The molecule has 1 saturated heterocycles. The molecule has 2 heterocycles. The minimum atomic E-state index is -0.142. The van der Waals surface area contributed by atoms with Gasteiger partial charge in [-0.05, 0) is 50.6 Å². The summed E-state index contributed by atoms with van der Waals surface area (Å²) in [6, 6.07) is 8.04. The van der Waals surface area contributed by atoms with Gasteiger partial charge in [0.1, 0.15) is 0 Å². The number of benzene rings is 1. The summed E-state index contributed by atoms with van der Waals surface area (Å²) in [6.07, 6.45) is 3.41. The molecular weight excluding hydrogens is 340 g/mol. The van der Waals surface area contributed by atoms with Crippen LogP contribution in [0.25, 0.3) is 0 Å². The van der Waals surface area contributed by atoms with Crippen LogP contribution < -0.4 is 15.1 Å². The number of carbonyl (C=O) groups excluding carboxylic acids is 1. The Morgan fingerprint density at radius 1 is 1.19 bits per heavy atom. The van der Waals surface area contributed by atoms with Crippen LogP contribution in [0.15, 0.2) is 36.7 Å². The van der Waals surface area contributed by atoms with Crippen molar-refractivity contribution in [3.63, 3.8) is 0 Å². The van der Waals surface area contributed by atoms with Gasteiger partial charge in [0.2, 0.25) is 0 Å². The van der Waals surface area contributed by atoms with E-state index in [-0.39, 0.29) is 5.91 Å². The Balaban J connectivity index is 1.73. The maximum atomic E-state index is 12.7. The Hall–Kier alpha value is -2.60. The summed E-state index contributed by atoms with van der Waals surface area (Å²) in [4.78, 5) is 21.5. The van der Waals surface area contributed by atoms with Gasteiger partial charge in [-0.1, -0.05) is 0 Å². The standard InChI is InChI=1S/C21H28N4O2/c1-4-24(5-2)18-6-7-20(16(3)12-18)23-21(26)17-13-19(15-22-14-17)25-8-10-27-11-9-25/h6-7,12-15H,4-5,8-11H2,1-3H3,(H,23,26). The Kier molecular flexibility index (Phi) is 6.29. The van der Waals surface area contributed by atoms with E-state index in [1.165, 1.54) is 5.69 Å². The fourth-order valence-electron chi connectivity index (χ4n) is 3.31. The molecule has 0 aliphatic carbocycles. The summed E-state index contributed by atoms with van der Waals surface area (Å²) in [5.74, 6) is -0.142. The van der Waals surface area contributed by atoms with Crippen molar-refractivity contribution in [2.75, 3.05) is 54.5 Å². The fourth-order valence-corrected chi connectivity index (χ4v) is 3.31. The lowest BCUT2D eigenvalue weighted by Gasteiger charge is -2.28. The number of aryl methyl sites for hydroxylation is 1. The van der Waals surface area contributed by atoms with E-state index < -0.39 is 0 Å². The van der Waals surface area contributed by atoms with Crippen molar-refractivity contribution < 1.29 is 9.53 Å². The molecule has 0 unspecified atom stereocenters. The molecule has 1 aromatic heterocycles. The quantitative estimate of drug-likeness (QED) is 0.848. The second-order valence-electron chi connectivity index (χ2n) is 6.66. The Bertz CT molecular complexity index is 784. The smallest absolute Gasteiger partial charge is 0.257 e. The highest BCUT2D eigenvalue weighted by Crippen LogP contribution is 2.24. The van der Waals surface area contributed by atoms with Gasteiger partial charge >= 0.3 is 0 Å². The number of aromatic nitrogens is 1. The summed E-state index contributed by atoms with van der Waals surface area (Å²) in [5, 5.41) is 3.02. The van der Waals surface area contributed by atoms with Gasteiger partial charge in [-0.3, -0.25) is 9.78 Å². The summed E-state index contributed by atoms with van der Waals surface area (Å²) in [5.41, 5.74) is 4.56. The number of morpholine rings is 1.